The van der Waals surface area contributed by atoms with Gasteiger partial charge in [-0.25, -0.2) is 0 Å². The summed E-state index contributed by atoms with van der Waals surface area (Å²) in [7, 11) is 1.91. The summed E-state index contributed by atoms with van der Waals surface area (Å²) in [4.78, 5) is 0. The standard InChI is InChI=1S/C5H13N2.Y/c1-5(7-2)3-4-6;/h7H,3-4,6H2,1-2H3;/q-1;+3. The van der Waals surface area contributed by atoms with Gasteiger partial charge in [0.15, 0.2) is 0 Å². The summed E-state index contributed by atoms with van der Waals surface area (Å²) >= 11 is 0. The molecule has 3 N–H and O–H groups in total. The number of rotatable bonds is 3. The van der Waals surface area contributed by atoms with Crippen LogP contribution in [-0.2, 0) is 32.7 Å². The Bertz CT molecular complexity index is 41.4. The molecule has 0 aliphatic heterocycles. The SMILES string of the molecule is CN[C-](C)CCN.[Y+3]. The Balaban J connectivity index is 0. The Kier molecular flexibility index (Phi) is 11.8. The van der Waals surface area contributed by atoms with Crippen LogP contribution in [-0.4, -0.2) is 13.6 Å². The molecule has 0 aromatic rings. The summed E-state index contributed by atoms with van der Waals surface area (Å²) in [5.41, 5.74) is 5.24. The third-order valence-electron chi connectivity index (χ3n) is 0.946. The number of hydrogen-bond acceptors (Lipinski definition) is 2. The molecule has 0 radical (unpaired) electrons. The second-order valence-electron chi connectivity index (χ2n) is 1.57. The van der Waals surface area contributed by atoms with Gasteiger partial charge in [0.25, 0.3) is 0 Å². The van der Waals surface area contributed by atoms with Crippen molar-refractivity contribution in [3.63, 3.8) is 0 Å². The third kappa shape index (κ3) is 7.02. The van der Waals surface area contributed by atoms with Gasteiger partial charge in [-0.1, -0.05) is 0 Å². The van der Waals surface area contributed by atoms with E-state index in [1.807, 2.05) is 14.0 Å². The van der Waals surface area contributed by atoms with E-state index in [2.05, 4.69) is 5.32 Å². The zero-order valence-corrected chi connectivity index (χ0v) is 8.41. The number of nitrogens with one attached hydrogen (secondary N) is 1. The molecule has 0 spiro atoms. The largest absolute Gasteiger partial charge is 3.00 e. The Labute approximate surface area is 76.5 Å². The molecule has 3 heteroatoms. The van der Waals surface area contributed by atoms with E-state index in [1.54, 1.807) is 0 Å². The van der Waals surface area contributed by atoms with Crippen LogP contribution >= 0.6 is 0 Å². The maximum Gasteiger partial charge on any atom is 3.00 e. The van der Waals surface area contributed by atoms with Gasteiger partial charge < -0.3 is 11.1 Å². The van der Waals surface area contributed by atoms with Crippen LogP contribution in [0, 0.1) is 6.04 Å². The van der Waals surface area contributed by atoms with Crippen LogP contribution in [0.25, 0.3) is 0 Å². The van der Waals surface area contributed by atoms with E-state index in [9.17, 15) is 0 Å². The Hall–Kier alpha value is 1.02. The molecule has 0 saturated carbocycles. The van der Waals surface area contributed by atoms with Crippen LogP contribution in [0.1, 0.15) is 13.3 Å². The molecule has 0 rings (SSSR count). The fourth-order valence-electron chi connectivity index (χ4n) is 0.342. The molecule has 0 heterocycles. The van der Waals surface area contributed by atoms with Gasteiger partial charge in [-0.2, -0.15) is 13.3 Å². The number of hydrogen-bond donors (Lipinski definition) is 2. The second-order valence-corrected chi connectivity index (χ2v) is 1.57. The predicted molar refractivity (Wildman–Crippen MR) is 31.6 cm³/mol. The van der Waals surface area contributed by atoms with Gasteiger partial charge in [0.05, 0.1) is 0 Å². The van der Waals surface area contributed by atoms with Gasteiger partial charge in [0.1, 0.15) is 0 Å². The first-order valence-electron chi connectivity index (χ1n) is 2.51. The van der Waals surface area contributed by atoms with Gasteiger partial charge in [0.2, 0.25) is 0 Å². The van der Waals surface area contributed by atoms with Crippen LogP contribution in [0.5, 0.6) is 0 Å². The summed E-state index contributed by atoms with van der Waals surface area (Å²) in [5, 5.41) is 3.00. The van der Waals surface area contributed by atoms with Crippen LogP contribution in [0.2, 0.25) is 0 Å². The predicted octanol–water partition coefficient (Wildman–Crippen LogP) is 0.104. The van der Waals surface area contributed by atoms with Crippen molar-refractivity contribution in [2.75, 3.05) is 13.6 Å². The maximum atomic E-state index is 5.24. The zero-order chi connectivity index (χ0) is 5.70. The van der Waals surface area contributed by atoms with E-state index in [0.717, 1.165) is 13.0 Å². The minimum absolute atomic E-state index is 0. The normalized spacial score (nSPS) is 9.00. The molecular formula is C5H13N2Y+2. The fourth-order valence-corrected chi connectivity index (χ4v) is 0.342. The van der Waals surface area contributed by atoms with Crippen LogP contribution in [0.15, 0.2) is 0 Å². The first-order valence-corrected chi connectivity index (χ1v) is 2.51. The summed E-state index contributed by atoms with van der Waals surface area (Å²) in [5.74, 6) is 0. The van der Waals surface area contributed by atoms with Crippen LogP contribution < -0.4 is 11.1 Å². The molecule has 2 nitrogen and oxygen atoms in total. The first-order chi connectivity index (χ1) is 3.31. The summed E-state index contributed by atoms with van der Waals surface area (Å²) in [6, 6.07) is 1.25. The molecule has 0 aliphatic rings. The molecule has 0 unspecified atom stereocenters. The van der Waals surface area contributed by atoms with Crippen LogP contribution in [0.4, 0.5) is 0 Å². The van der Waals surface area contributed by atoms with E-state index >= 15 is 0 Å². The topological polar surface area (TPSA) is 38.0 Å². The summed E-state index contributed by atoms with van der Waals surface area (Å²) in [6.07, 6.45) is 0.983. The molecule has 0 aliphatic carbocycles. The summed E-state index contributed by atoms with van der Waals surface area (Å²) in [6.45, 7) is 2.78. The smallest absolute Gasteiger partial charge is 0.470 e. The van der Waals surface area contributed by atoms with Crippen molar-refractivity contribution in [3.8, 4) is 0 Å². The summed E-state index contributed by atoms with van der Waals surface area (Å²) < 4.78 is 0. The average molecular weight is 190 g/mol. The van der Waals surface area contributed by atoms with Crippen molar-refractivity contribution in [2.45, 2.75) is 13.3 Å². The fraction of sp³-hybridized carbons (Fsp3) is 0.800. The third-order valence-corrected chi connectivity index (χ3v) is 0.946. The molecule has 0 aromatic heterocycles. The zero-order valence-electron chi connectivity index (χ0n) is 5.57. The van der Waals surface area contributed by atoms with E-state index in [-0.39, 0.29) is 32.7 Å². The van der Waals surface area contributed by atoms with Crippen LogP contribution in [0.3, 0.4) is 0 Å². The minimum Gasteiger partial charge on any atom is -0.470 e. The molecule has 44 valence electrons. The monoisotopic (exact) mass is 190 g/mol. The molecule has 0 fully saturated rings. The van der Waals surface area contributed by atoms with E-state index in [0.29, 0.717) is 0 Å². The minimum atomic E-state index is 0. The Morgan fingerprint density at radius 3 is 2.25 bits per heavy atom. The van der Waals surface area contributed by atoms with E-state index in [1.165, 1.54) is 6.04 Å². The average Bonchev–Trinajstić information content (AvgIpc) is 1.68. The van der Waals surface area contributed by atoms with Crippen molar-refractivity contribution in [2.24, 2.45) is 5.73 Å². The van der Waals surface area contributed by atoms with Crippen molar-refractivity contribution in [1.29, 1.82) is 0 Å². The Morgan fingerprint density at radius 2 is 2.12 bits per heavy atom. The maximum absolute atomic E-state index is 5.24. The molecule has 0 saturated heterocycles. The van der Waals surface area contributed by atoms with Crippen molar-refractivity contribution < 1.29 is 32.7 Å². The van der Waals surface area contributed by atoms with E-state index in [4.69, 9.17) is 5.73 Å². The van der Waals surface area contributed by atoms with Crippen molar-refractivity contribution in [3.05, 3.63) is 6.04 Å². The number of nitrogens with two attached hydrogens (primary N) is 1. The molecule has 0 bridgehead atoms. The van der Waals surface area contributed by atoms with Gasteiger partial charge >= 0.3 is 32.7 Å². The molecule has 0 aromatic carbocycles. The van der Waals surface area contributed by atoms with Crippen molar-refractivity contribution in [1.82, 2.24) is 5.32 Å². The molecular weight excluding hydrogens is 177 g/mol. The molecule has 0 atom stereocenters. The van der Waals surface area contributed by atoms with Gasteiger partial charge in [-0.15, -0.1) is 0 Å². The molecule has 8 heavy (non-hydrogen) atoms. The quantitative estimate of drug-likeness (QED) is 0.619. The van der Waals surface area contributed by atoms with E-state index < -0.39 is 0 Å². The Morgan fingerprint density at radius 1 is 1.62 bits per heavy atom. The van der Waals surface area contributed by atoms with Crippen molar-refractivity contribution >= 4 is 0 Å². The van der Waals surface area contributed by atoms with Gasteiger partial charge in [-0.3, -0.25) is 6.04 Å². The first kappa shape index (κ1) is 11.8. The van der Waals surface area contributed by atoms with Gasteiger partial charge in [-0.05, 0) is 13.6 Å². The second kappa shape index (κ2) is 8.02. The molecule has 0 amide bonds. The van der Waals surface area contributed by atoms with Gasteiger partial charge in [0, 0.05) is 0 Å².